The Labute approximate surface area is 120 Å². The molecule has 0 radical (unpaired) electrons. The highest BCUT2D eigenvalue weighted by Crippen LogP contribution is 2.23. The van der Waals surface area contributed by atoms with Gasteiger partial charge >= 0.3 is 0 Å². The largest absolute Gasteiger partial charge is 0.424 e. The molecular formula is C11H14N4O5S. The number of nitrogens with zero attached hydrogens (tertiary/aromatic N) is 2. The number of anilines is 1. The first-order chi connectivity index (χ1) is 9.85. The van der Waals surface area contributed by atoms with Gasteiger partial charge in [-0.15, -0.1) is 0 Å². The molecule has 2 rings (SSSR count). The van der Waals surface area contributed by atoms with Gasteiger partial charge in [-0.25, -0.2) is 13.1 Å². The number of benzene rings is 1. The van der Waals surface area contributed by atoms with Gasteiger partial charge in [0.1, 0.15) is 5.52 Å². The van der Waals surface area contributed by atoms with Crippen molar-refractivity contribution in [1.29, 1.82) is 0 Å². The number of hydrogen-bond acceptors (Lipinski definition) is 7. The van der Waals surface area contributed by atoms with E-state index in [0.29, 0.717) is 30.6 Å². The van der Waals surface area contributed by atoms with Crippen molar-refractivity contribution in [2.24, 2.45) is 0 Å². The zero-order valence-corrected chi connectivity index (χ0v) is 12.0. The SMILES string of the molecule is CS(=O)(=O)NCCCNc1nc2cc([N+](=O)[O-])ccc2o1. The monoisotopic (exact) mass is 314 g/mol. The number of oxazole rings is 1. The Morgan fingerprint density at radius 2 is 2.14 bits per heavy atom. The van der Waals surface area contributed by atoms with Crippen LogP contribution in [-0.4, -0.2) is 37.7 Å². The van der Waals surface area contributed by atoms with E-state index in [1.807, 2.05) is 0 Å². The van der Waals surface area contributed by atoms with E-state index in [1.54, 1.807) is 0 Å². The molecule has 0 saturated heterocycles. The van der Waals surface area contributed by atoms with E-state index in [-0.39, 0.29) is 11.7 Å². The zero-order chi connectivity index (χ0) is 15.5. The summed E-state index contributed by atoms with van der Waals surface area (Å²) in [6, 6.07) is 4.39. The number of non-ortho nitro benzene ring substituents is 1. The molecule has 9 nitrogen and oxygen atoms in total. The van der Waals surface area contributed by atoms with Crippen LogP contribution in [0.5, 0.6) is 0 Å². The van der Waals surface area contributed by atoms with Crippen molar-refractivity contribution in [2.45, 2.75) is 6.42 Å². The number of nitrogens with one attached hydrogen (secondary N) is 2. The van der Waals surface area contributed by atoms with Gasteiger partial charge in [0, 0.05) is 25.2 Å². The number of fused-ring (bicyclic) bond motifs is 1. The maximum absolute atomic E-state index is 10.9. The van der Waals surface area contributed by atoms with Gasteiger partial charge in [-0.1, -0.05) is 0 Å². The molecule has 0 atom stereocenters. The summed E-state index contributed by atoms with van der Waals surface area (Å²) in [6.45, 7) is 0.759. The van der Waals surface area contributed by atoms with Crippen molar-refractivity contribution in [2.75, 3.05) is 24.7 Å². The van der Waals surface area contributed by atoms with E-state index in [1.165, 1.54) is 18.2 Å². The van der Waals surface area contributed by atoms with E-state index in [9.17, 15) is 18.5 Å². The predicted molar refractivity (Wildman–Crippen MR) is 76.6 cm³/mol. The summed E-state index contributed by atoms with van der Waals surface area (Å²) < 4.78 is 29.4. The lowest BCUT2D eigenvalue weighted by Crippen LogP contribution is -2.24. The molecule has 0 unspecified atom stereocenters. The van der Waals surface area contributed by atoms with Crippen LogP contribution in [0.25, 0.3) is 11.1 Å². The maximum atomic E-state index is 10.9. The third-order valence-electron chi connectivity index (χ3n) is 2.58. The molecule has 21 heavy (non-hydrogen) atoms. The van der Waals surface area contributed by atoms with Gasteiger partial charge in [0.15, 0.2) is 5.58 Å². The topological polar surface area (TPSA) is 127 Å². The number of nitro groups is 1. The van der Waals surface area contributed by atoms with Gasteiger partial charge in [-0.2, -0.15) is 4.98 Å². The van der Waals surface area contributed by atoms with Crippen molar-refractivity contribution in [3.8, 4) is 0 Å². The molecule has 0 bridgehead atoms. The Balaban J connectivity index is 1.92. The zero-order valence-electron chi connectivity index (χ0n) is 11.2. The summed E-state index contributed by atoms with van der Waals surface area (Å²) >= 11 is 0. The quantitative estimate of drug-likeness (QED) is 0.444. The van der Waals surface area contributed by atoms with Crippen molar-refractivity contribution in [1.82, 2.24) is 9.71 Å². The van der Waals surface area contributed by atoms with Crippen molar-refractivity contribution >= 4 is 32.8 Å². The molecule has 1 aromatic heterocycles. The average Bonchev–Trinajstić information content (AvgIpc) is 2.78. The number of rotatable bonds is 7. The van der Waals surface area contributed by atoms with Crippen LogP contribution >= 0.6 is 0 Å². The molecule has 0 amide bonds. The first kappa shape index (κ1) is 15.2. The van der Waals surface area contributed by atoms with E-state index in [4.69, 9.17) is 4.42 Å². The van der Waals surface area contributed by atoms with Gasteiger partial charge in [0.25, 0.3) is 11.7 Å². The van der Waals surface area contributed by atoms with Crippen molar-refractivity contribution < 1.29 is 17.8 Å². The summed E-state index contributed by atoms with van der Waals surface area (Å²) in [4.78, 5) is 14.2. The fraction of sp³-hybridized carbons (Fsp3) is 0.364. The van der Waals surface area contributed by atoms with Crippen molar-refractivity contribution in [3.05, 3.63) is 28.3 Å². The minimum Gasteiger partial charge on any atom is -0.424 e. The molecule has 0 aliphatic carbocycles. The predicted octanol–water partition coefficient (Wildman–Crippen LogP) is 1.09. The Morgan fingerprint density at radius 3 is 2.81 bits per heavy atom. The molecule has 2 aromatic rings. The van der Waals surface area contributed by atoms with E-state index >= 15 is 0 Å². The van der Waals surface area contributed by atoms with Gasteiger partial charge in [0.05, 0.1) is 11.2 Å². The second kappa shape index (κ2) is 6.06. The van der Waals surface area contributed by atoms with E-state index in [2.05, 4.69) is 15.0 Å². The Kier molecular flexibility index (Phi) is 4.38. The summed E-state index contributed by atoms with van der Waals surface area (Å²) in [7, 11) is -3.18. The Hall–Kier alpha value is -2.20. The minimum atomic E-state index is -3.18. The Bertz CT molecular complexity index is 755. The second-order valence-corrected chi connectivity index (χ2v) is 6.21. The maximum Gasteiger partial charge on any atom is 0.295 e. The van der Waals surface area contributed by atoms with Crippen LogP contribution in [0, 0.1) is 10.1 Å². The smallest absolute Gasteiger partial charge is 0.295 e. The fourth-order valence-electron chi connectivity index (χ4n) is 1.65. The van der Waals surface area contributed by atoms with Crippen molar-refractivity contribution in [3.63, 3.8) is 0 Å². The summed E-state index contributed by atoms with van der Waals surface area (Å²) in [5, 5.41) is 13.5. The first-order valence-corrected chi connectivity index (χ1v) is 7.98. The minimum absolute atomic E-state index is 0.0558. The Morgan fingerprint density at radius 1 is 1.38 bits per heavy atom. The van der Waals surface area contributed by atoms with Gasteiger partial charge in [-0.3, -0.25) is 10.1 Å². The van der Waals surface area contributed by atoms with Crippen LogP contribution in [0.3, 0.4) is 0 Å². The third-order valence-corrected chi connectivity index (χ3v) is 3.30. The average molecular weight is 314 g/mol. The second-order valence-electron chi connectivity index (χ2n) is 4.37. The molecule has 1 heterocycles. The van der Waals surface area contributed by atoms with E-state index < -0.39 is 14.9 Å². The third kappa shape index (κ3) is 4.39. The lowest BCUT2D eigenvalue weighted by Gasteiger charge is -2.02. The van der Waals surface area contributed by atoms with Gasteiger partial charge in [0.2, 0.25) is 10.0 Å². The van der Waals surface area contributed by atoms with Crippen LogP contribution in [-0.2, 0) is 10.0 Å². The van der Waals surface area contributed by atoms with Gasteiger partial charge in [-0.05, 0) is 12.5 Å². The standard InChI is InChI=1S/C11H14N4O5S/c1-21(18,19)13-6-2-5-12-11-14-9-7-8(15(16)17)3-4-10(9)20-11/h3-4,7,13H,2,5-6H2,1H3,(H,12,14). The number of nitro benzene ring substituents is 1. The number of hydrogen-bond donors (Lipinski definition) is 2. The molecule has 0 aliphatic rings. The van der Waals surface area contributed by atoms with Crippen LogP contribution in [0.15, 0.2) is 22.6 Å². The fourth-order valence-corrected chi connectivity index (χ4v) is 2.16. The molecule has 0 saturated carbocycles. The molecule has 0 aliphatic heterocycles. The van der Waals surface area contributed by atoms with Gasteiger partial charge < -0.3 is 9.73 Å². The lowest BCUT2D eigenvalue weighted by molar-refractivity contribution is -0.384. The molecule has 0 fully saturated rings. The van der Waals surface area contributed by atoms with Crippen LogP contribution in [0.4, 0.5) is 11.7 Å². The summed E-state index contributed by atoms with van der Waals surface area (Å²) in [5.74, 6) is 0. The molecule has 114 valence electrons. The van der Waals surface area contributed by atoms with E-state index in [0.717, 1.165) is 6.26 Å². The number of aromatic nitrogens is 1. The van der Waals surface area contributed by atoms with Crippen LogP contribution in [0.1, 0.15) is 6.42 Å². The lowest BCUT2D eigenvalue weighted by atomic mass is 10.3. The molecule has 1 aromatic carbocycles. The number of sulfonamides is 1. The molecular weight excluding hydrogens is 300 g/mol. The van der Waals surface area contributed by atoms with Crippen LogP contribution < -0.4 is 10.0 Å². The normalized spacial score (nSPS) is 11.7. The summed E-state index contributed by atoms with van der Waals surface area (Å²) in [6.07, 6.45) is 1.64. The van der Waals surface area contributed by atoms with Crippen LogP contribution in [0.2, 0.25) is 0 Å². The molecule has 0 spiro atoms. The summed E-state index contributed by atoms with van der Waals surface area (Å²) in [5.41, 5.74) is 0.776. The molecule has 2 N–H and O–H groups in total. The highest BCUT2D eigenvalue weighted by molar-refractivity contribution is 7.88. The highest BCUT2D eigenvalue weighted by Gasteiger charge is 2.11. The first-order valence-electron chi connectivity index (χ1n) is 6.09. The molecule has 10 heteroatoms. The highest BCUT2D eigenvalue weighted by atomic mass is 32.2.